The number of nitrogens with zero attached hydrogens (tertiary/aromatic N) is 1. The van der Waals surface area contributed by atoms with Crippen molar-refractivity contribution in [1.29, 1.82) is 0 Å². The summed E-state index contributed by atoms with van der Waals surface area (Å²) in [5.41, 5.74) is 8.32. The molecule has 1 nitrogen and oxygen atoms in total. The molecule has 49 heavy (non-hydrogen) atoms. The standard InChI is InChI=1S/C46H29NS2/c1-2-9-32-27-35(17-16-30(32)8-1)34-11-7-10-33(26-34)31-18-20-36(21-19-31)47(37-22-24-41-39-12-3-5-14-43(39)48-45(41)28-37)38-23-25-42-40-13-4-6-15-44(40)49-46(42)29-38/h1-29H. The van der Waals surface area contributed by atoms with E-state index in [0.717, 1.165) is 17.1 Å². The van der Waals surface area contributed by atoms with Crippen molar-refractivity contribution in [2.45, 2.75) is 0 Å². The van der Waals surface area contributed by atoms with Gasteiger partial charge in [0.25, 0.3) is 0 Å². The zero-order valence-electron chi connectivity index (χ0n) is 26.5. The van der Waals surface area contributed by atoms with E-state index in [9.17, 15) is 0 Å². The van der Waals surface area contributed by atoms with Gasteiger partial charge in [0, 0.05) is 57.4 Å². The van der Waals surface area contributed by atoms with Crippen LogP contribution in [0.15, 0.2) is 176 Å². The number of fused-ring (bicyclic) bond motifs is 7. The quantitative estimate of drug-likeness (QED) is 0.178. The van der Waals surface area contributed by atoms with E-state index in [4.69, 9.17) is 0 Å². The van der Waals surface area contributed by atoms with Crippen LogP contribution in [0.4, 0.5) is 17.1 Å². The Kier molecular flexibility index (Phi) is 6.61. The summed E-state index contributed by atoms with van der Waals surface area (Å²) in [7, 11) is 0. The van der Waals surface area contributed by atoms with Gasteiger partial charge in [-0.3, -0.25) is 0 Å². The van der Waals surface area contributed by atoms with Crippen LogP contribution in [0, 0.1) is 0 Å². The molecule has 0 spiro atoms. The number of hydrogen-bond donors (Lipinski definition) is 0. The lowest BCUT2D eigenvalue weighted by Crippen LogP contribution is -2.09. The van der Waals surface area contributed by atoms with Crippen molar-refractivity contribution in [3.8, 4) is 22.3 Å². The maximum atomic E-state index is 2.41. The van der Waals surface area contributed by atoms with E-state index in [0.29, 0.717) is 0 Å². The Bertz CT molecular complexity index is 2730. The normalized spacial score (nSPS) is 11.7. The zero-order valence-corrected chi connectivity index (χ0v) is 28.1. The molecule has 0 saturated carbocycles. The third kappa shape index (κ3) is 4.90. The second kappa shape index (κ2) is 11.5. The lowest BCUT2D eigenvalue weighted by Gasteiger charge is -2.26. The molecular formula is C46H29NS2. The van der Waals surface area contributed by atoms with Gasteiger partial charge in [0.15, 0.2) is 0 Å². The number of anilines is 3. The predicted molar refractivity (Wildman–Crippen MR) is 215 cm³/mol. The van der Waals surface area contributed by atoms with E-state index in [1.807, 2.05) is 22.7 Å². The fourth-order valence-corrected chi connectivity index (χ4v) is 9.48. The van der Waals surface area contributed by atoms with Gasteiger partial charge in [0.05, 0.1) is 0 Å². The summed E-state index contributed by atoms with van der Waals surface area (Å²) < 4.78 is 5.24. The minimum atomic E-state index is 1.13. The highest BCUT2D eigenvalue weighted by atomic mass is 32.1. The molecule has 3 heteroatoms. The van der Waals surface area contributed by atoms with E-state index in [2.05, 4.69) is 181 Å². The van der Waals surface area contributed by atoms with Gasteiger partial charge in [-0.2, -0.15) is 0 Å². The third-order valence-corrected chi connectivity index (χ3v) is 11.9. The molecule has 0 atom stereocenters. The van der Waals surface area contributed by atoms with Crippen LogP contribution in [-0.2, 0) is 0 Å². The van der Waals surface area contributed by atoms with Crippen LogP contribution < -0.4 is 4.90 Å². The van der Waals surface area contributed by atoms with Gasteiger partial charge in [-0.05, 0) is 93.7 Å². The highest BCUT2D eigenvalue weighted by Crippen LogP contribution is 2.43. The van der Waals surface area contributed by atoms with Gasteiger partial charge >= 0.3 is 0 Å². The topological polar surface area (TPSA) is 3.24 Å². The van der Waals surface area contributed by atoms with Crippen molar-refractivity contribution in [2.75, 3.05) is 4.90 Å². The van der Waals surface area contributed by atoms with E-state index in [-0.39, 0.29) is 0 Å². The molecule has 0 aliphatic carbocycles. The monoisotopic (exact) mass is 659 g/mol. The van der Waals surface area contributed by atoms with Crippen LogP contribution in [-0.4, -0.2) is 0 Å². The van der Waals surface area contributed by atoms with Crippen molar-refractivity contribution in [1.82, 2.24) is 0 Å². The predicted octanol–water partition coefficient (Wildman–Crippen LogP) is 14.4. The van der Waals surface area contributed by atoms with E-state index in [1.54, 1.807) is 0 Å². The molecule has 2 aromatic heterocycles. The third-order valence-electron chi connectivity index (χ3n) is 9.65. The number of hydrogen-bond acceptors (Lipinski definition) is 3. The first-order valence-corrected chi connectivity index (χ1v) is 18.2. The SMILES string of the molecule is c1cc(-c2ccc(N(c3ccc4c(c3)sc3ccccc34)c3ccc4c(c3)sc3ccccc34)cc2)cc(-c2ccc3ccccc3c2)c1. The Hall–Kier alpha value is -5.74. The maximum absolute atomic E-state index is 2.41. The molecule has 0 radical (unpaired) electrons. The van der Waals surface area contributed by atoms with Crippen molar-refractivity contribution >= 4 is 90.9 Å². The van der Waals surface area contributed by atoms with E-state index >= 15 is 0 Å². The highest BCUT2D eigenvalue weighted by Gasteiger charge is 2.17. The molecule has 0 bridgehead atoms. The molecule has 0 unspecified atom stereocenters. The summed E-state index contributed by atoms with van der Waals surface area (Å²) in [4.78, 5) is 2.41. The maximum Gasteiger partial charge on any atom is 0.0476 e. The van der Waals surface area contributed by atoms with Gasteiger partial charge < -0.3 is 4.90 Å². The lowest BCUT2D eigenvalue weighted by atomic mass is 9.97. The Labute approximate surface area is 292 Å². The van der Waals surface area contributed by atoms with Gasteiger partial charge in [-0.15, -0.1) is 22.7 Å². The van der Waals surface area contributed by atoms with E-state index < -0.39 is 0 Å². The first-order chi connectivity index (χ1) is 24.2. The summed E-state index contributed by atoms with van der Waals surface area (Å²) in [5, 5.41) is 7.79. The Balaban J connectivity index is 1.07. The average molecular weight is 660 g/mol. The van der Waals surface area contributed by atoms with Crippen molar-refractivity contribution in [2.24, 2.45) is 0 Å². The number of rotatable bonds is 5. The lowest BCUT2D eigenvalue weighted by molar-refractivity contribution is 1.30. The smallest absolute Gasteiger partial charge is 0.0476 e. The molecule has 0 fully saturated rings. The summed E-state index contributed by atoms with van der Waals surface area (Å²) in [6.45, 7) is 0. The molecule has 2 heterocycles. The molecule has 0 aliphatic heterocycles. The van der Waals surface area contributed by atoms with Crippen LogP contribution in [0.5, 0.6) is 0 Å². The molecule has 0 N–H and O–H groups in total. The molecule has 0 saturated heterocycles. The Morgan fingerprint density at radius 3 is 1.43 bits per heavy atom. The van der Waals surface area contributed by atoms with Crippen LogP contribution >= 0.6 is 22.7 Å². The number of benzene rings is 8. The van der Waals surface area contributed by atoms with Crippen LogP contribution in [0.2, 0.25) is 0 Å². The van der Waals surface area contributed by atoms with Crippen LogP contribution in [0.3, 0.4) is 0 Å². The fraction of sp³-hybridized carbons (Fsp3) is 0. The highest BCUT2D eigenvalue weighted by molar-refractivity contribution is 7.26. The first kappa shape index (κ1) is 28.3. The second-order valence-electron chi connectivity index (χ2n) is 12.6. The minimum Gasteiger partial charge on any atom is -0.310 e. The largest absolute Gasteiger partial charge is 0.310 e. The second-order valence-corrected chi connectivity index (χ2v) is 14.7. The van der Waals surface area contributed by atoms with Gasteiger partial charge in [-0.1, -0.05) is 115 Å². The molecular weight excluding hydrogens is 631 g/mol. The van der Waals surface area contributed by atoms with Crippen molar-refractivity contribution < 1.29 is 0 Å². The van der Waals surface area contributed by atoms with Gasteiger partial charge in [0.1, 0.15) is 0 Å². The Morgan fingerprint density at radius 2 is 0.776 bits per heavy atom. The number of thiophene rings is 2. The zero-order chi connectivity index (χ0) is 32.3. The van der Waals surface area contributed by atoms with E-state index in [1.165, 1.54) is 73.4 Å². The summed E-state index contributed by atoms with van der Waals surface area (Å²) >= 11 is 3.73. The molecule has 10 rings (SSSR count). The molecule has 0 amide bonds. The van der Waals surface area contributed by atoms with Crippen LogP contribution in [0.25, 0.3) is 73.4 Å². The van der Waals surface area contributed by atoms with Crippen molar-refractivity contribution in [3.63, 3.8) is 0 Å². The summed E-state index contributed by atoms with van der Waals surface area (Å²) in [5.74, 6) is 0. The fourth-order valence-electron chi connectivity index (χ4n) is 7.20. The average Bonchev–Trinajstić information content (AvgIpc) is 3.73. The van der Waals surface area contributed by atoms with Gasteiger partial charge in [-0.25, -0.2) is 0 Å². The molecule has 230 valence electrons. The first-order valence-electron chi connectivity index (χ1n) is 16.6. The Morgan fingerprint density at radius 1 is 0.286 bits per heavy atom. The van der Waals surface area contributed by atoms with Gasteiger partial charge in [0.2, 0.25) is 0 Å². The minimum absolute atomic E-state index is 1.13. The van der Waals surface area contributed by atoms with Crippen molar-refractivity contribution in [3.05, 3.63) is 176 Å². The molecule has 10 aromatic rings. The molecule has 8 aromatic carbocycles. The van der Waals surface area contributed by atoms with Crippen LogP contribution in [0.1, 0.15) is 0 Å². The molecule has 0 aliphatic rings. The summed E-state index contributed by atoms with van der Waals surface area (Å²) in [6.07, 6.45) is 0. The summed E-state index contributed by atoms with van der Waals surface area (Å²) in [6, 6.07) is 64.5.